The van der Waals surface area contributed by atoms with Gasteiger partial charge in [0.05, 0.1) is 26.4 Å². The number of rotatable bonds is 74. The van der Waals surface area contributed by atoms with E-state index in [2.05, 4.69) is 125 Å². The molecule has 0 aliphatic heterocycles. The van der Waals surface area contributed by atoms with Crippen LogP contribution in [-0.4, -0.2) is 96.7 Å². The molecule has 0 radical (unpaired) electrons. The van der Waals surface area contributed by atoms with E-state index in [1.807, 2.05) is 0 Å². The van der Waals surface area contributed by atoms with Crippen LogP contribution in [0.4, 0.5) is 0 Å². The van der Waals surface area contributed by atoms with Crippen molar-refractivity contribution in [2.24, 2.45) is 0 Å². The molecule has 0 saturated carbocycles. The number of aliphatic hydroxyl groups excluding tert-OH is 1. The molecule has 17 nitrogen and oxygen atoms in total. The predicted octanol–water partition coefficient (Wildman–Crippen LogP) is 22.8. The number of unbranched alkanes of at least 4 members (excludes halogenated alkanes) is 32. The van der Waals surface area contributed by atoms with E-state index in [0.717, 1.165) is 186 Å². The van der Waals surface area contributed by atoms with Gasteiger partial charge in [-0.1, -0.05) is 285 Å². The Balaban J connectivity index is 5.34. The van der Waals surface area contributed by atoms with E-state index in [0.29, 0.717) is 25.7 Å². The lowest BCUT2D eigenvalue weighted by molar-refractivity contribution is -0.161. The molecule has 0 spiro atoms. The zero-order valence-corrected chi connectivity index (χ0v) is 64.9. The molecule has 100 heavy (non-hydrogen) atoms. The molecule has 5 unspecified atom stereocenters. The maximum atomic E-state index is 13.1. The summed E-state index contributed by atoms with van der Waals surface area (Å²) in [5.74, 6) is -2.20. The van der Waals surface area contributed by atoms with Crippen LogP contribution in [0.25, 0.3) is 0 Å². The molecule has 0 aromatic heterocycles. The van der Waals surface area contributed by atoms with Crippen LogP contribution in [0.15, 0.2) is 97.2 Å². The number of phosphoric acid groups is 2. The topological polar surface area (TPSA) is 237 Å². The highest BCUT2D eigenvalue weighted by Gasteiger charge is 2.30. The zero-order chi connectivity index (χ0) is 73.2. The summed E-state index contributed by atoms with van der Waals surface area (Å²) in [6, 6.07) is 0. The van der Waals surface area contributed by atoms with Gasteiger partial charge in [0, 0.05) is 25.7 Å². The highest BCUT2D eigenvalue weighted by Crippen LogP contribution is 2.45. The third-order valence-corrected chi connectivity index (χ3v) is 18.4. The van der Waals surface area contributed by atoms with Gasteiger partial charge in [-0.25, -0.2) is 9.13 Å². The first-order valence-corrected chi connectivity index (χ1v) is 42.5. The lowest BCUT2D eigenvalue weighted by atomic mass is 10.0. The Hall–Kier alpha value is -4.02. The van der Waals surface area contributed by atoms with Gasteiger partial charge in [0.15, 0.2) is 12.2 Å². The fourth-order valence-corrected chi connectivity index (χ4v) is 12.1. The van der Waals surface area contributed by atoms with Crippen LogP contribution in [0, 0.1) is 0 Å². The average molecular weight is 1450 g/mol. The Labute approximate surface area is 607 Å². The van der Waals surface area contributed by atoms with Gasteiger partial charge in [-0.2, -0.15) is 0 Å². The number of carbonyl (C=O) groups is 4. The molecule has 0 aliphatic carbocycles. The van der Waals surface area contributed by atoms with Crippen molar-refractivity contribution >= 4 is 39.5 Å². The van der Waals surface area contributed by atoms with Crippen LogP contribution in [0.1, 0.15) is 336 Å². The largest absolute Gasteiger partial charge is 0.472 e. The van der Waals surface area contributed by atoms with Gasteiger partial charge < -0.3 is 33.8 Å². The summed E-state index contributed by atoms with van der Waals surface area (Å²) in [4.78, 5) is 72.9. The Kier molecular flexibility index (Phi) is 70.4. The first-order valence-electron chi connectivity index (χ1n) is 39.5. The molecule has 0 bridgehead atoms. The minimum atomic E-state index is -4.98. The monoisotopic (exact) mass is 1450 g/mol. The smallest absolute Gasteiger partial charge is 0.462 e. The van der Waals surface area contributed by atoms with Crippen molar-refractivity contribution in [3.05, 3.63) is 97.2 Å². The molecule has 3 N–H and O–H groups in total. The molecule has 19 heteroatoms. The minimum absolute atomic E-state index is 0.0764. The van der Waals surface area contributed by atoms with Gasteiger partial charge in [-0.05, 0) is 122 Å². The summed E-state index contributed by atoms with van der Waals surface area (Å²) in [7, 11) is -9.96. The Bertz CT molecular complexity index is 2270. The van der Waals surface area contributed by atoms with Crippen molar-refractivity contribution in [3.8, 4) is 0 Å². The Morgan fingerprint density at radius 1 is 0.290 bits per heavy atom. The van der Waals surface area contributed by atoms with E-state index in [-0.39, 0.29) is 25.7 Å². The van der Waals surface area contributed by atoms with E-state index in [1.165, 1.54) is 70.6 Å². The molecule has 0 rings (SSSR count). The first-order chi connectivity index (χ1) is 48.7. The minimum Gasteiger partial charge on any atom is -0.462 e. The SMILES string of the molecule is CC/C=C\C/C=C\C/C=C\C/C=C\CCCCCCCCC(=O)OCC(COP(=O)(O)OCC(O)COP(=O)(O)OCC(COC(=O)CCCCCCC/C=C\C/C=C\CCCCC)OC(=O)CCCCCCC/C=C\C/C=C\CCC)OC(=O)CCCCCCCCCCCCCCC. The lowest BCUT2D eigenvalue weighted by Crippen LogP contribution is -2.30. The number of phosphoric ester groups is 2. The molecule has 0 aliphatic rings. The molecular formula is C81H142O17P2. The van der Waals surface area contributed by atoms with Crippen LogP contribution in [-0.2, 0) is 65.4 Å². The van der Waals surface area contributed by atoms with Crippen molar-refractivity contribution < 1.29 is 80.2 Å². The van der Waals surface area contributed by atoms with Gasteiger partial charge in [-0.15, -0.1) is 0 Å². The highest BCUT2D eigenvalue weighted by atomic mass is 31.2. The highest BCUT2D eigenvalue weighted by molar-refractivity contribution is 7.47. The Morgan fingerprint density at radius 3 is 0.860 bits per heavy atom. The number of hydrogen-bond donors (Lipinski definition) is 3. The lowest BCUT2D eigenvalue weighted by Gasteiger charge is -2.21. The standard InChI is InChI=1S/C81H142O17P2/c1-5-9-13-17-21-25-29-33-35-36-37-38-40-44-46-50-54-58-62-66-79(84)92-72-77(98-81(86)68-64-60-56-52-48-42-32-28-24-20-16-12-8-4)74-96-100(89,90)94-70-75(82)69-93-99(87,88)95-73-76(97-80(85)67-63-59-55-51-47-41-31-27-23-19-15-11-7-3)71-91-78(83)65-61-57-53-49-45-43-39-34-30-26-22-18-14-10-6-2/h9,13,15,19,21-22,25-27,31,33-35,37-39,75-77,82H,5-8,10-12,14,16-18,20,23-24,28-30,32,36,40-74H2,1-4H3,(H,87,88)(H,89,90)/b13-9-,19-15-,25-21-,26-22-,31-27-,35-33-,38-37-,39-34-. The quantitative estimate of drug-likeness (QED) is 0.0169. The van der Waals surface area contributed by atoms with Gasteiger partial charge in [0.2, 0.25) is 0 Å². The fraction of sp³-hybridized carbons (Fsp3) is 0.753. The fourth-order valence-electron chi connectivity index (χ4n) is 10.5. The number of carbonyl (C=O) groups excluding carboxylic acids is 4. The third-order valence-electron chi connectivity index (χ3n) is 16.5. The van der Waals surface area contributed by atoms with Crippen LogP contribution < -0.4 is 0 Å². The summed E-state index contributed by atoms with van der Waals surface area (Å²) in [6.45, 7) is 4.66. The van der Waals surface area contributed by atoms with E-state index in [4.69, 9.17) is 37.0 Å². The maximum absolute atomic E-state index is 13.1. The molecule has 0 aromatic carbocycles. The number of allylic oxidation sites excluding steroid dienone is 16. The van der Waals surface area contributed by atoms with Crippen LogP contribution in [0.5, 0.6) is 0 Å². The van der Waals surface area contributed by atoms with Crippen molar-refractivity contribution in [1.29, 1.82) is 0 Å². The number of esters is 4. The second-order valence-corrected chi connectivity index (χ2v) is 29.2. The zero-order valence-electron chi connectivity index (χ0n) is 63.1. The molecule has 0 fully saturated rings. The summed E-state index contributed by atoms with van der Waals surface area (Å²) in [5.41, 5.74) is 0. The summed E-state index contributed by atoms with van der Waals surface area (Å²) >= 11 is 0. The second kappa shape index (κ2) is 73.3. The third kappa shape index (κ3) is 72.3. The van der Waals surface area contributed by atoms with Crippen LogP contribution in [0.3, 0.4) is 0 Å². The molecule has 0 amide bonds. The molecule has 0 heterocycles. The average Bonchev–Trinajstić information content (AvgIpc) is 0.935. The summed E-state index contributed by atoms with van der Waals surface area (Å²) in [6.07, 6.45) is 76.7. The number of hydrogen-bond acceptors (Lipinski definition) is 15. The number of aliphatic hydroxyl groups is 1. The maximum Gasteiger partial charge on any atom is 0.472 e. The molecule has 0 saturated heterocycles. The molecular weight excluding hydrogens is 1310 g/mol. The van der Waals surface area contributed by atoms with Crippen LogP contribution >= 0.6 is 15.6 Å². The van der Waals surface area contributed by atoms with Gasteiger partial charge in [0.1, 0.15) is 19.3 Å². The normalized spacial score (nSPS) is 14.4. The first kappa shape index (κ1) is 96.0. The second-order valence-electron chi connectivity index (χ2n) is 26.3. The predicted molar refractivity (Wildman–Crippen MR) is 409 cm³/mol. The van der Waals surface area contributed by atoms with Gasteiger partial charge in [-0.3, -0.25) is 37.3 Å². The Morgan fingerprint density at radius 2 is 0.540 bits per heavy atom. The van der Waals surface area contributed by atoms with E-state index < -0.39 is 97.5 Å². The van der Waals surface area contributed by atoms with Gasteiger partial charge in [0.25, 0.3) is 0 Å². The number of ether oxygens (including phenoxy) is 4. The molecule has 578 valence electrons. The molecule has 5 atom stereocenters. The van der Waals surface area contributed by atoms with Crippen molar-refractivity contribution in [2.45, 2.75) is 354 Å². The summed E-state index contributed by atoms with van der Waals surface area (Å²) < 4.78 is 68.5. The van der Waals surface area contributed by atoms with Gasteiger partial charge >= 0.3 is 39.5 Å². The summed E-state index contributed by atoms with van der Waals surface area (Å²) in [5, 5.41) is 10.6. The van der Waals surface area contributed by atoms with Crippen LogP contribution in [0.2, 0.25) is 0 Å². The molecule has 0 aromatic rings. The van der Waals surface area contributed by atoms with E-state index in [1.54, 1.807) is 0 Å². The van der Waals surface area contributed by atoms with Crippen molar-refractivity contribution in [3.63, 3.8) is 0 Å². The van der Waals surface area contributed by atoms with Crippen molar-refractivity contribution in [2.75, 3.05) is 39.6 Å². The van der Waals surface area contributed by atoms with E-state index >= 15 is 0 Å². The van der Waals surface area contributed by atoms with Crippen molar-refractivity contribution in [1.82, 2.24) is 0 Å². The van der Waals surface area contributed by atoms with E-state index in [9.17, 15) is 43.2 Å².